The molecular formula is C13H16FNO. The first-order valence-corrected chi connectivity index (χ1v) is 5.93. The van der Waals surface area contributed by atoms with Gasteiger partial charge in [-0.2, -0.15) is 0 Å². The minimum atomic E-state index is -0.742. The first-order valence-electron chi connectivity index (χ1n) is 5.93. The Morgan fingerprint density at radius 3 is 2.69 bits per heavy atom. The highest BCUT2D eigenvalue weighted by atomic mass is 19.1. The predicted molar refractivity (Wildman–Crippen MR) is 59.5 cm³/mol. The molecule has 0 radical (unpaired) electrons. The fourth-order valence-corrected chi connectivity index (χ4v) is 3.05. The van der Waals surface area contributed by atoms with Gasteiger partial charge in [-0.3, -0.25) is 4.90 Å². The molecule has 0 spiro atoms. The molecule has 3 heteroatoms. The monoisotopic (exact) mass is 221 g/mol. The van der Waals surface area contributed by atoms with Gasteiger partial charge < -0.3 is 5.11 Å². The third-order valence-electron chi connectivity index (χ3n) is 3.95. The Labute approximate surface area is 94.7 Å². The molecule has 86 valence electrons. The van der Waals surface area contributed by atoms with Crippen LogP contribution in [0, 0.1) is 5.82 Å². The molecule has 0 bridgehead atoms. The van der Waals surface area contributed by atoms with Crippen molar-refractivity contribution >= 4 is 0 Å². The molecule has 2 saturated heterocycles. The minimum Gasteiger partial charge on any atom is -0.382 e. The zero-order valence-corrected chi connectivity index (χ0v) is 9.19. The quantitative estimate of drug-likeness (QED) is 0.782. The zero-order valence-electron chi connectivity index (χ0n) is 9.19. The first kappa shape index (κ1) is 10.2. The second-order valence-corrected chi connectivity index (χ2v) is 4.91. The number of halogens is 1. The highest BCUT2D eigenvalue weighted by molar-refractivity contribution is 5.29. The Hall–Kier alpha value is -0.930. The molecule has 2 aliphatic rings. The molecular weight excluding hydrogens is 205 g/mol. The number of aliphatic hydroxyl groups is 1. The Bertz CT molecular complexity index is 391. The molecule has 2 aliphatic heterocycles. The highest BCUT2D eigenvalue weighted by Gasteiger charge is 2.52. The minimum absolute atomic E-state index is 0.242. The summed E-state index contributed by atoms with van der Waals surface area (Å²) >= 11 is 0. The lowest BCUT2D eigenvalue weighted by Crippen LogP contribution is -2.68. The van der Waals surface area contributed by atoms with Crippen molar-refractivity contribution in [3.63, 3.8) is 0 Å². The SMILES string of the molecule is O[C@]1(c2ccc(F)cc2)CN2CCCCC21. The molecule has 2 fully saturated rings. The fourth-order valence-electron chi connectivity index (χ4n) is 3.05. The Morgan fingerprint density at radius 2 is 2.00 bits per heavy atom. The number of rotatable bonds is 1. The Kier molecular flexibility index (Phi) is 2.26. The number of piperidine rings is 1. The van der Waals surface area contributed by atoms with Gasteiger partial charge in [-0.15, -0.1) is 0 Å². The van der Waals surface area contributed by atoms with Crippen LogP contribution in [0.1, 0.15) is 24.8 Å². The van der Waals surface area contributed by atoms with Crippen LogP contribution in [0.3, 0.4) is 0 Å². The molecule has 0 saturated carbocycles. The number of fused-ring (bicyclic) bond motifs is 1. The molecule has 1 aromatic rings. The van der Waals surface area contributed by atoms with E-state index in [-0.39, 0.29) is 11.9 Å². The van der Waals surface area contributed by atoms with E-state index in [1.54, 1.807) is 12.1 Å². The molecule has 2 heterocycles. The summed E-state index contributed by atoms with van der Waals surface area (Å²) in [5.74, 6) is -0.243. The molecule has 2 atom stereocenters. The molecule has 16 heavy (non-hydrogen) atoms. The summed E-state index contributed by atoms with van der Waals surface area (Å²) in [4.78, 5) is 2.33. The molecule has 0 aliphatic carbocycles. The van der Waals surface area contributed by atoms with Gasteiger partial charge >= 0.3 is 0 Å². The zero-order chi connectivity index (χ0) is 11.2. The second kappa shape index (κ2) is 3.54. The summed E-state index contributed by atoms with van der Waals surface area (Å²) in [6, 6.07) is 6.52. The molecule has 1 unspecified atom stereocenters. The fraction of sp³-hybridized carbons (Fsp3) is 0.538. The second-order valence-electron chi connectivity index (χ2n) is 4.91. The lowest BCUT2D eigenvalue weighted by molar-refractivity contribution is -0.172. The lowest BCUT2D eigenvalue weighted by Gasteiger charge is -2.57. The van der Waals surface area contributed by atoms with Crippen LogP contribution in [-0.2, 0) is 5.60 Å². The topological polar surface area (TPSA) is 23.5 Å². The van der Waals surface area contributed by atoms with Crippen molar-refractivity contribution in [3.05, 3.63) is 35.6 Å². The maximum absolute atomic E-state index is 12.8. The van der Waals surface area contributed by atoms with Gasteiger partial charge in [0.15, 0.2) is 0 Å². The van der Waals surface area contributed by atoms with E-state index in [1.165, 1.54) is 25.0 Å². The number of hydrogen-bond acceptors (Lipinski definition) is 2. The molecule has 1 aromatic carbocycles. The van der Waals surface area contributed by atoms with Crippen molar-refractivity contribution < 1.29 is 9.50 Å². The number of nitrogens with zero attached hydrogens (tertiary/aromatic N) is 1. The van der Waals surface area contributed by atoms with Gasteiger partial charge in [0.25, 0.3) is 0 Å². The van der Waals surface area contributed by atoms with Crippen molar-refractivity contribution in [1.82, 2.24) is 4.90 Å². The van der Waals surface area contributed by atoms with E-state index in [0.29, 0.717) is 6.54 Å². The van der Waals surface area contributed by atoms with E-state index in [2.05, 4.69) is 4.90 Å². The van der Waals surface area contributed by atoms with Crippen LogP contribution >= 0.6 is 0 Å². The van der Waals surface area contributed by atoms with Crippen LogP contribution in [0.4, 0.5) is 4.39 Å². The van der Waals surface area contributed by atoms with Gasteiger partial charge in [0, 0.05) is 12.6 Å². The molecule has 0 amide bonds. The normalized spacial score (nSPS) is 34.2. The van der Waals surface area contributed by atoms with Gasteiger partial charge in [-0.25, -0.2) is 4.39 Å². The van der Waals surface area contributed by atoms with Gasteiger partial charge in [-0.05, 0) is 37.1 Å². The summed E-state index contributed by atoms with van der Waals surface area (Å²) in [5.41, 5.74) is 0.116. The van der Waals surface area contributed by atoms with Crippen molar-refractivity contribution in [3.8, 4) is 0 Å². The van der Waals surface area contributed by atoms with Crippen molar-refractivity contribution in [2.24, 2.45) is 0 Å². The smallest absolute Gasteiger partial charge is 0.123 e. The summed E-state index contributed by atoms with van der Waals surface area (Å²) in [6.07, 6.45) is 3.47. The van der Waals surface area contributed by atoms with E-state index in [0.717, 1.165) is 18.5 Å². The van der Waals surface area contributed by atoms with E-state index in [9.17, 15) is 9.50 Å². The largest absolute Gasteiger partial charge is 0.382 e. The van der Waals surface area contributed by atoms with Crippen LogP contribution < -0.4 is 0 Å². The predicted octanol–water partition coefficient (Wildman–Crippen LogP) is 1.88. The molecule has 0 aromatic heterocycles. The van der Waals surface area contributed by atoms with Gasteiger partial charge in [0.05, 0.1) is 0 Å². The average Bonchev–Trinajstić information content (AvgIpc) is 2.28. The highest BCUT2D eigenvalue weighted by Crippen LogP contribution is 2.43. The van der Waals surface area contributed by atoms with E-state index in [4.69, 9.17) is 0 Å². The van der Waals surface area contributed by atoms with E-state index >= 15 is 0 Å². The van der Waals surface area contributed by atoms with Crippen LogP contribution in [0.5, 0.6) is 0 Å². The molecule has 1 N–H and O–H groups in total. The number of hydrogen-bond donors (Lipinski definition) is 1. The van der Waals surface area contributed by atoms with Crippen molar-refractivity contribution in [2.75, 3.05) is 13.1 Å². The van der Waals surface area contributed by atoms with Gasteiger partial charge in [-0.1, -0.05) is 18.6 Å². The van der Waals surface area contributed by atoms with Crippen LogP contribution in [0.25, 0.3) is 0 Å². The standard InChI is InChI=1S/C13H16FNO/c14-11-6-4-10(5-7-11)13(16)9-15-8-2-1-3-12(13)15/h4-7,12,16H,1-3,8-9H2/t12?,13-/m0/s1. The van der Waals surface area contributed by atoms with Crippen molar-refractivity contribution in [1.29, 1.82) is 0 Å². The summed E-state index contributed by atoms with van der Waals surface area (Å²) < 4.78 is 12.8. The lowest BCUT2D eigenvalue weighted by atomic mass is 9.73. The third-order valence-corrected chi connectivity index (χ3v) is 3.95. The number of benzene rings is 1. The van der Waals surface area contributed by atoms with Gasteiger partial charge in [0.2, 0.25) is 0 Å². The maximum Gasteiger partial charge on any atom is 0.123 e. The summed E-state index contributed by atoms with van der Waals surface area (Å²) in [6.45, 7) is 1.79. The van der Waals surface area contributed by atoms with E-state index < -0.39 is 5.60 Å². The average molecular weight is 221 g/mol. The molecule has 2 nitrogen and oxygen atoms in total. The molecule has 3 rings (SSSR count). The van der Waals surface area contributed by atoms with Crippen LogP contribution in [0.2, 0.25) is 0 Å². The van der Waals surface area contributed by atoms with Gasteiger partial charge in [0.1, 0.15) is 11.4 Å². The van der Waals surface area contributed by atoms with E-state index in [1.807, 2.05) is 0 Å². The van der Waals surface area contributed by atoms with Crippen molar-refractivity contribution in [2.45, 2.75) is 30.9 Å². The van der Waals surface area contributed by atoms with Crippen LogP contribution in [0.15, 0.2) is 24.3 Å². The Balaban J connectivity index is 1.86. The summed E-state index contributed by atoms with van der Waals surface area (Å²) in [7, 11) is 0. The Morgan fingerprint density at radius 1 is 1.25 bits per heavy atom. The van der Waals surface area contributed by atoms with Crippen LogP contribution in [-0.4, -0.2) is 29.1 Å². The summed E-state index contributed by atoms with van der Waals surface area (Å²) in [5, 5.41) is 10.6. The maximum atomic E-state index is 12.8. The third kappa shape index (κ3) is 1.39. The first-order chi connectivity index (χ1) is 7.70.